The molecule has 0 aliphatic rings. The van der Waals surface area contributed by atoms with Gasteiger partial charge in [-0.2, -0.15) is 0 Å². The molecule has 2 aromatic rings. The van der Waals surface area contributed by atoms with Gasteiger partial charge in [-0.1, -0.05) is 17.8 Å². The van der Waals surface area contributed by atoms with Crippen molar-refractivity contribution in [2.75, 3.05) is 18.8 Å². The highest BCUT2D eigenvalue weighted by Crippen LogP contribution is 2.11. The second-order valence-electron chi connectivity index (χ2n) is 3.97. The number of aryl methyl sites for hydroxylation is 1. The summed E-state index contributed by atoms with van der Waals surface area (Å²) in [5.74, 6) is 1.01. The molecule has 0 aliphatic carbocycles. The zero-order chi connectivity index (χ0) is 12.6. The van der Waals surface area contributed by atoms with Crippen LogP contribution in [0, 0.1) is 6.92 Å². The summed E-state index contributed by atoms with van der Waals surface area (Å²) in [5.41, 5.74) is 1.11. The molecule has 0 unspecified atom stereocenters. The minimum absolute atomic E-state index is 0.862. The van der Waals surface area contributed by atoms with Crippen LogP contribution in [0.3, 0.4) is 0 Å². The third-order valence-corrected chi connectivity index (χ3v) is 4.21. The fourth-order valence-electron chi connectivity index (χ4n) is 1.46. The molecule has 0 aromatic carbocycles. The molecule has 1 N–H and O–H groups in total. The van der Waals surface area contributed by atoms with Crippen molar-refractivity contribution in [3.63, 3.8) is 0 Å². The summed E-state index contributed by atoms with van der Waals surface area (Å²) in [6.07, 6.45) is 4.84. The van der Waals surface area contributed by atoms with Crippen molar-refractivity contribution in [2.45, 2.75) is 18.5 Å². The maximum atomic E-state index is 4.26. The van der Waals surface area contributed by atoms with Crippen molar-refractivity contribution in [2.24, 2.45) is 0 Å². The summed E-state index contributed by atoms with van der Waals surface area (Å²) >= 11 is 3.51. The molecule has 96 valence electrons. The minimum Gasteiger partial charge on any atom is -0.316 e. The quantitative estimate of drug-likeness (QED) is 0.480. The fourth-order valence-corrected chi connectivity index (χ4v) is 2.85. The standard InChI is InChI=1S/C13H17N3S2/c1-11-9-15-13(16-10-11)18-8-6-14-5-4-12-3-2-7-17-12/h2-3,7,9-10,14H,4-6,8H2,1H3. The topological polar surface area (TPSA) is 37.8 Å². The Kier molecular flexibility index (Phi) is 5.64. The lowest BCUT2D eigenvalue weighted by Gasteiger charge is -2.03. The summed E-state index contributed by atoms with van der Waals surface area (Å²) in [6, 6.07) is 4.28. The van der Waals surface area contributed by atoms with E-state index in [1.54, 1.807) is 11.8 Å². The lowest BCUT2D eigenvalue weighted by atomic mass is 10.3. The molecule has 0 radical (unpaired) electrons. The van der Waals surface area contributed by atoms with Crippen LogP contribution in [0.2, 0.25) is 0 Å². The van der Waals surface area contributed by atoms with Crippen molar-refractivity contribution in [3.05, 3.63) is 40.3 Å². The average molecular weight is 279 g/mol. The van der Waals surface area contributed by atoms with Gasteiger partial charge in [0.2, 0.25) is 0 Å². The second-order valence-corrected chi connectivity index (χ2v) is 6.07. The van der Waals surface area contributed by atoms with E-state index in [-0.39, 0.29) is 0 Å². The normalized spacial score (nSPS) is 10.7. The van der Waals surface area contributed by atoms with Crippen molar-refractivity contribution in [1.82, 2.24) is 15.3 Å². The van der Waals surface area contributed by atoms with E-state index >= 15 is 0 Å². The lowest BCUT2D eigenvalue weighted by Crippen LogP contribution is -2.19. The van der Waals surface area contributed by atoms with E-state index in [0.717, 1.165) is 36.0 Å². The number of hydrogen-bond donors (Lipinski definition) is 1. The van der Waals surface area contributed by atoms with Crippen LogP contribution in [0.15, 0.2) is 35.1 Å². The summed E-state index contributed by atoms with van der Waals surface area (Å²) in [5, 5.41) is 6.42. The van der Waals surface area contributed by atoms with E-state index in [9.17, 15) is 0 Å². The second kappa shape index (κ2) is 7.51. The lowest BCUT2D eigenvalue weighted by molar-refractivity contribution is 0.725. The molecule has 0 amide bonds. The van der Waals surface area contributed by atoms with Crippen LogP contribution in [0.25, 0.3) is 0 Å². The number of thioether (sulfide) groups is 1. The Hall–Kier alpha value is -0.910. The van der Waals surface area contributed by atoms with Gasteiger partial charge in [-0.25, -0.2) is 9.97 Å². The zero-order valence-corrected chi connectivity index (χ0v) is 12.1. The highest BCUT2D eigenvalue weighted by molar-refractivity contribution is 7.99. The first-order valence-corrected chi connectivity index (χ1v) is 7.85. The molecule has 2 heterocycles. The van der Waals surface area contributed by atoms with Crippen molar-refractivity contribution in [1.29, 1.82) is 0 Å². The first-order valence-electron chi connectivity index (χ1n) is 5.99. The molecule has 2 aromatic heterocycles. The smallest absolute Gasteiger partial charge is 0.187 e. The van der Waals surface area contributed by atoms with Gasteiger partial charge in [0.05, 0.1) is 0 Å². The van der Waals surface area contributed by atoms with Gasteiger partial charge < -0.3 is 5.32 Å². The maximum absolute atomic E-state index is 4.26. The van der Waals surface area contributed by atoms with Crippen LogP contribution in [0.1, 0.15) is 10.4 Å². The van der Waals surface area contributed by atoms with Gasteiger partial charge in [0.15, 0.2) is 5.16 Å². The van der Waals surface area contributed by atoms with Crippen LogP contribution in [-0.4, -0.2) is 28.8 Å². The molecule has 0 spiro atoms. The molecular formula is C13H17N3S2. The predicted octanol–water partition coefficient (Wildman–Crippen LogP) is 2.77. The molecule has 0 aliphatic heterocycles. The number of nitrogens with zero attached hydrogens (tertiary/aromatic N) is 2. The van der Waals surface area contributed by atoms with Crippen molar-refractivity contribution in [3.8, 4) is 0 Å². The van der Waals surface area contributed by atoms with Crippen molar-refractivity contribution < 1.29 is 0 Å². The SMILES string of the molecule is Cc1cnc(SCCNCCc2cccs2)nc1. The van der Waals surface area contributed by atoms with E-state index in [2.05, 4.69) is 32.8 Å². The van der Waals surface area contributed by atoms with Crippen LogP contribution in [0.4, 0.5) is 0 Å². The van der Waals surface area contributed by atoms with Gasteiger partial charge in [0.1, 0.15) is 0 Å². The van der Waals surface area contributed by atoms with Gasteiger partial charge in [-0.15, -0.1) is 11.3 Å². The van der Waals surface area contributed by atoms with E-state index in [0.29, 0.717) is 0 Å². The van der Waals surface area contributed by atoms with Gasteiger partial charge in [-0.3, -0.25) is 0 Å². The Morgan fingerprint density at radius 2 is 2.11 bits per heavy atom. The molecule has 0 saturated heterocycles. The molecule has 0 saturated carbocycles. The number of hydrogen-bond acceptors (Lipinski definition) is 5. The van der Waals surface area contributed by atoms with E-state index in [1.165, 1.54) is 4.88 Å². The molecule has 3 nitrogen and oxygen atoms in total. The monoisotopic (exact) mass is 279 g/mol. The Morgan fingerprint density at radius 3 is 2.83 bits per heavy atom. The first kappa shape index (κ1) is 13.5. The third kappa shape index (κ3) is 4.76. The fraction of sp³-hybridized carbons (Fsp3) is 0.385. The maximum Gasteiger partial charge on any atom is 0.187 e. The number of thiophene rings is 1. The minimum atomic E-state index is 0.862. The molecule has 2 rings (SSSR count). The van der Waals surface area contributed by atoms with Crippen LogP contribution in [0.5, 0.6) is 0 Å². The number of rotatable bonds is 7. The summed E-state index contributed by atoms with van der Waals surface area (Å²) in [6.45, 7) is 4.03. The van der Waals surface area contributed by atoms with E-state index in [1.807, 2.05) is 30.7 Å². The highest BCUT2D eigenvalue weighted by atomic mass is 32.2. The third-order valence-electron chi connectivity index (χ3n) is 2.40. The highest BCUT2D eigenvalue weighted by Gasteiger charge is 1.97. The Morgan fingerprint density at radius 1 is 1.28 bits per heavy atom. The first-order chi connectivity index (χ1) is 8.84. The zero-order valence-electron chi connectivity index (χ0n) is 10.4. The summed E-state index contributed by atoms with van der Waals surface area (Å²) in [4.78, 5) is 9.97. The van der Waals surface area contributed by atoms with Crippen LogP contribution >= 0.6 is 23.1 Å². The van der Waals surface area contributed by atoms with Crippen LogP contribution in [-0.2, 0) is 6.42 Å². The van der Waals surface area contributed by atoms with Crippen molar-refractivity contribution >= 4 is 23.1 Å². The van der Waals surface area contributed by atoms with E-state index < -0.39 is 0 Å². The largest absolute Gasteiger partial charge is 0.316 e. The van der Waals surface area contributed by atoms with E-state index in [4.69, 9.17) is 0 Å². The Bertz CT molecular complexity index is 440. The number of aromatic nitrogens is 2. The van der Waals surface area contributed by atoms with Gasteiger partial charge in [0, 0.05) is 29.6 Å². The van der Waals surface area contributed by atoms with Gasteiger partial charge >= 0.3 is 0 Å². The Labute approximate surface area is 116 Å². The van der Waals surface area contributed by atoms with Crippen LogP contribution < -0.4 is 5.32 Å². The molecule has 0 fully saturated rings. The average Bonchev–Trinajstić information content (AvgIpc) is 2.89. The number of nitrogens with one attached hydrogen (secondary N) is 1. The molecule has 18 heavy (non-hydrogen) atoms. The van der Waals surface area contributed by atoms with Gasteiger partial charge in [0.25, 0.3) is 0 Å². The molecular weight excluding hydrogens is 262 g/mol. The molecule has 0 atom stereocenters. The summed E-state index contributed by atoms with van der Waals surface area (Å²) < 4.78 is 0. The predicted molar refractivity (Wildman–Crippen MR) is 78.4 cm³/mol. The Balaban J connectivity index is 1.55. The summed E-state index contributed by atoms with van der Waals surface area (Å²) in [7, 11) is 0. The van der Waals surface area contributed by atoms with Gasteiger partial charge in [-0.05, 0) is 36.9 Å². The molecule has 5 heteroatoms. The molecule has 0 bridgehead atoms.